The smallest absolute Gasteiger partial charge is 0.341 e. The van der Waals surface area contributed by atoms with Gasteiger partial charge in [0.2, 0.25) is 0 Å². The van der Waals surface area contributed by atoms with Gasteiger partial charge in [0.25, 0.3) is 0 Å². The van der Waals surface area contributed by atoms with Crippen LogP contribution < -0.4 is 11.1 Å². The molecule has 2 aromatic rings. The van der Waals surface area contributed by atoms with E-state index in [4.69, 9.17) is 22.1 Å². The minimum atomic E-state index is -0.523. The van der Waals surface area contributed by atoms with Crippen LogP contribution in [0.2, 0.25) is 5.02 Å². The van der Waals surface area contributed by atoms with Crippen LogP contribution in [0.3, 0.4) is 0 Å². The van der Waals surface area contributed by atoms with Gasteiger partial charge in [-0.25, -0.2) is 9.78 Å². The number of benzene rings is 1. The van der Waals surface area contributed by atoms with Crippen molar-refractivity contribution in [3.8, 4) is 0 Å². The van der Waals surface area contributed by atoms with E-state index >= 15 is 0 Å². The number of nitrogens with zero attached hydrogens (tertiary/aromatic N) is 1. The zero-order valence-electron chi connectivity index (χ0n) is 10.5. The second-order valence-electron chi connectivity index (χ2n) is 3.88. The summed E-state index contributed by atoms with van der Waals surface area (Å²) >= 11 is 9.38. The Labute approximate surface area is 129 Å². The molecule has 5 nitrogen and oxygen atoms in total. The number of hydrogen-bond acceptors (Lipinski definition) is 5. The molecule has 1 aromatic carbocycles. The number of nitrogens with one attached hydrogen (secondary N) is 1. The van der Waals surface area contributed by atoms with E-state index < -0.39 is 5.97 Å². The Morgan fingerprint density at radius 3 is 2.95 bits per heavy atom. The highest BCUT2D eigenvalue weighted by atomic mass is 79.9. The van der Waals surface area contributed by atoms with Crippen molar-refractivity contribution in [2.24, 2.45) is 0 Å². The van der Waals surface area contributed by atoms with Crippen LogP contribution in [-0.4, -0.2) is 18.1 Å². The number of ether oxygens (including phenoxy) is 1. The van der Waals surface area contributed by atoms with Crippen molar-refractivity contribution in [3.05, 3.63) is 45.5 Å². The molecule has 0 unspecified atom stereocenters. The molecule has 3 N–H and O–H groups in total. The summed E-state index contributed by atoms with van der Waals surface area (Å²) in [6.07, 6.45) is 1.45. The lowest BCUT2D eigenvalue weighted by Crippen LogP contribution is -2.08. The fraction of sp³-hybridized carbons (Fsp3) is 0.0769. The topological polar surface area (TPSA) is 77.2 Å². The number of nitrogen functional groups attached to an aromatic ring is 1. The van der Waals surface area contributed by atoms with Crippen molar-refractivity contribution in [2.75, 3.05) is 18.2 Å². The number of anilines is 3. The van der Waals surface area contributed by atoms with Gasteiger partial charge in [0, 0.05) is 0 Å². The number of aromatic nitrogens is 1. The first kappa shape index (κ1) is 14.6. The summed E-state index contributed by atoms with van der Waals surface area (Å²) in [6, 6.07) is 6.83. The number of esters is 1. The third-order valence-electron chi connectivity index (χ3n) is 2.52. The fourth-order valence-electron chi connectivity index (χ4n) is 1.57. The van der Waals surface area contributed by atoms with Crippen LogP contribution in [-0.2, 0) is 4.74 Å². The van der Waals surface area contributed by atoms with E-state index in [1.807, 2.05) is 0 Å². The summed E-state index contributed by atoms with van der Waals surface area (Å²) in [6.45, 7) is 0. The molecule has 1 heterocycles. The third kappa shape index (κ3) is 3.02. The van der Waals surface area contributed by atoms with E-state index in [9.17, 15) is 4.79 Å². The maximum atomic E-state index is 11.7. The Morgan fingerprint density at radius 2 is 2.25 bits per heavy atom. The molecule has 0 aliphatic rings. The normalized spacial score (nSPS) is 10.2. The largest absolute Gasteiger partial charge is 0.465 e. The first-order valence-corrected chi connectivity index (χ1v) is 6.75. The quantitative estimate of drug-likeness (QED) is 0.822. The van der Waals surface area contributed by atoms with Crippen molar-refractivity contribution >= 4 is 50.7 Å². The van der Waals surface area contributed by atoms with Gasteiger partial charge in [-0.3, -0.25) is 0 Å². The average Bonchev–Trinajstić information content (AvgIpc) is 2.44. The Morgan fingerprint density at radius 1 is 1.50 bits per heavy atom. The van der Waals surface area contributed by atoms with Crippen LogP contribution in [0.5, 0.6) is 0 Å². The summed E-state index contributed by atoms with van der Waals surface area (Å²) in [7, 11) is 1.30. The monoisotopic (exact) mass is 355 g/mol. The van der Waals surface area contributed by atoms with Crippen LogP contribution in [0.15, 0.2) is 34.9 Å². The minimum absolute atomic E-state index is 0.249. The van der Waals surface area contributed by atoms with Crippen molar-refractivity contribution in [1.82, 2.24) is 4.98 Å². The molecule has 0 atom stereocenters. The summed E-state index contributed by atoms with van der Waals surface area (Å²) in [5.74, 6) is -0.181. The molecule has 7 heteroatoms. The third-order valence-corrected chi connectivity index (χ3v) is 3.92. The van der Waals surface area contributed by atoms with Gasteiger partial charge in [-0.15, -0.1) is 0 Å². The highest BCUT2D eigenvalue weighted by Gasteiger charge is 2.15. The van der Waals surface area contributed by atoms with E-state index in [0.717, 1.165) is 0 Å². The van der Waals surface area contributed by atoms with E-state index in [-0.39, 0.29) is 5.56 Å². The summed E-state index contributed by atoms with van der Waals surface area (Å²) in [5.41, 5.74) is 6.94. The second kappa shape index (κ2) is 6.11. The van der Waals surface area contributed by atoms with Crippen LogP contribution in [0.4, 0.5) is 17.2 Å². The number of carbonyl (C=O) groups excluding carboxylic acids is 1. The number of halogens is 2. The number of methoxy groups -OCH3 is 1. The second-order valence-corrected chi connectivity index (χ2v) is 5.08. The molecule has 2 rings (SSSR count). The Bertz CT molecular complexity index is 664. The van der Waals surface area contributed by atoms with Crippen LogP contribution >= 0.6 is 27.5 Å². The van der Waals surface area contributed by atoms with Gasteiger partial charge in [0.05, 0.1) is 34.2 Å². The molecule has 0 radical (unpaired) electrons. The molecular formula is C13H11BrClN3O2. The van der Waals surface area contributed by atoms with Gasteiger partial charge in [0.15, 0.2) is 0 Å². The van der Waals surface area contributed by atoms with E-state index in [0.29, 0.717) is 26.7 Å². The molecule has 0 aliphatic carbocycles. The van der Waals surface area contributed by atoms with Gasteiger partial charge >= 0.3 is 5.97 Å². The molecule has 0 saturated heterocycles. The van der Waals surface area contributed by atoms with Gasteiger partial charge < -0.3 is 15.8 Å². The van der Waals surface area contributed by atoms with Crippen molar-refractivity contribution in [3.63, 3.8) is 0 Å². The zero-order valence-corrected chi connectivity index (χ0v) is 12.8. The molecule has 0 spiro atoms. The molecule has 1 aromatic heterocycles. The van der Waals surface area contributed by atoms with Crippen molar-refractivity contribution in [1.29, 1.82) is 0 Å². The standard InChI is InChI=1S/C13H11BrClN3O2/c1-20-13(19)8-5-7(16)6-17-12(8)18-10-4-2-3-9(15)11(10)14/h2-6H,16H2,1H3,(H,17,18). The Hall–Kier alpha value is -1.79. The molecule has 0 fully saturated rings. The number of nitrogens with two attached hydrogens (primary N) is 1. The summed E-state index contributed by atoms with van der Waals surface area (Å²) in [5, 5.41) is 3.57. The van der Waals surface area contributed by atoms with Crippen molar-refractivity contribution < 1.29 is 9.53 Å². The Kier molecular flexibility index (Phi) is 4.46. The predicted molar refractivity (Wildman–Crippen MR) is 82.4 cm³/mol. The van der Waals surface area contributed by atoms with Crippen LogP contribution in [0, 0.1) is 0 Å². The number of hydrogen-bond donors (Lipinski definition) is 2. The lowest BCUT2D eigenvalue weighted by atomic mass is 10.2. The van der Waals surface area contributed by atoms with E-state index in [1.165, 1.54) is 19.4 Å². The summed E-state index contributed by atoms with van der Waals surface area (Å²) in [4.78, 5) is 15.8. The summed E-state index contributed by atoms with van der Waals surface area (Å²) < 4.78 is 5.39. The molecule has 0 aliphatic heterocycles. The number of pyridine rings is 1. The molecule has 20 heavy (non-hydrogen) atoms. The fourth-order valence-corrected chi connectivity index (χ4v) is 2.11. The molecular weight excluding hydrogens is 346 g/mol. The zero-order chi connectivity index (χ0) is 14.7. The van der Waals surface area contributed by atoms with E-state index in [2.05, 4.69) is 26.2 Å². The molecule has 0 bridgehead atoms. The van der Waals surface area contributed by atoms with Gasteiger partial charge in [0.1, 0.15) is 11.4 Å². The van der Waals surface area contributed by atoms with Gasteiger partial charge in [-0.05, 0) is 34.1 Å². The first-order valence-electron chi connectivity index (χ1n) is 5.57. The van der Waals surface area contributed by atoms with Crippen LogP contribution in [0.1, 0.15) is 10.4 Å². The maximum Gasteiger partial charge on any atom is 0.341 e. The highest BCUT2D eigenvalue weighted by molar-refractivity contribution is 9.10. The number of rotatable bonds is 3. The molecule has 0 amide bonds. The Balaban J connectivity index is 2.43. The number of carbonyl (C=O) groups is 1. The van der Waals surface area contributed by atoms with Gasteiger partial charge in [-0.1, -0.05) is 17.7 Å². The average molecular weight is 357 g/mol. The van der Waals surface area contributed by atoms with Crippen LogP contribution in [0.25, 0.3) is 0 Å². The molecule has 0 saturated carbocycles. The lowest BCUT2D eigenvalue weighted by molar-refractivity contribution is 0.0601. The minimum Gasteiger partial charge on any atom is -0.465 e. The van der Waals surface area contributed by atoms with Gasteiger partial charge in [-0.2, -0.15) is 0 Å². The predicted octanol–water partition coefficient (Wildman–Crippen LogP) is 3.61. The maximum absolute atomic E-state index is 11.7. The highest BCUT2D eigenvalue weighted by Crippen LogP contribution is 2.32. The lowest BCUT2D eigenvalue weighted by Gasteiger charge is -2.12. The van der Waals surface area contributed by atoms with Crippen molar-refractivity contribution in [2.45, 2.75) is 0 Å². The van der Waals surface area contributed by atoms with E-state index in [1.54, 1.807) is 18.2 Å². The molecule has 104 valence electrons. The SMILES string of the molecule is COC(=O)c1cc(N)cnc1Nc1cccc(Cl)c1Br. The first-order chi connectivity index (χ1) is 9.52.